The molecule has 2 aromatic carbocycles. The lowest BCUT2D eigenvalue weighted by Crippen LogP contribution is -2.24. The molecule has 25 heavy (non-hydrogen) atoms. The second-order valence-corrected chi connectivity index (χ2v) is 8.67. The van der Waals surface area contributed by atoms with Gasteiger partial charge in [-0.1, -0.05) is 28.1 Å². The standard InChI is InChI=1S/C18H19BrN2O3S/c1-13-11-16(8-9-17(13)19)25(23,24)20-12-14-4-6-15(7-5-14)21-10-2-3-18(21)22/h4-9,11,20H,2-3,10,12H2,1H3. The molecule has 0 atom stereocenters. The van der Waals surface area contributed by atoms with Crippen LogP contribution in [0, 0.1) is 6.92 Å². The van der Waals surface area contributed by atoms with Crippen LogP contribution in [0.5, 0.6) is 0 Å². The molecule has 0 aliphatic carbocycles. The molecule has 1 amide bonds. The number of rotatable bonds is 5. The third-order valence-corrected chi connectivity index (χ3v) is 6.52. The van der Waals surface area contributed by atoms with Gasteiger partial charge in [-0.15, -0.1) is 0 Å². The van der Waals surface area contributed by atoms with Gasteiger partial charge in [0.2, 0.25) is 15.9 Å². The van der Waals surface area contributed by atoms with E-state index >= 15 is 0 Å². The Hall–Kier alpha value is -1.70. The van der Waals surface area contributed by atoms with Crippen molar-refractivity contribution < 1.29 is 13.2 Å². The van der Waals surface area contributed by atoms with Gasteiger partial charge in [0.1, 0.15) is 0 Å². The Bertz CT molecular complexity index is 895. The average molecular weight is 423 g/mol. The van der Waals surface area contributed by atoms with Crippen LogP contribution < -0.4 is 9.62 Å². The van der Waals surface area contributed by atoms with Crippen molar-refractivity contribution in [1.29, 1.82) is 0 Å². The molecule has 1 fully saturated rings. The zero-order chi connectivity index (χ0) is 18.0. The first kappa shape index (κ1) is 18.1. The summed E-state index contributed by atoms with van der Waals surface area (Å²) in [4.78, 5) is 13.8. The number of halogens is 1. The lowest BCUT2D eigenvalue weighted by Gasteiger charge is -2.16. The van der Waals surface area contributed by atoms with E-state index in [-0.39, 0.29) is 17.3 Å². The van der Waals surface area contributed by atoms with Gasteiger partial charge in [0.15, 0.2) is 0 Å². The van der Waals surface area contributed by atoms with Crippen molar-refractivity contribution in [2.75, 3.05) is 11.4 Å². The van der Waals surface area contributed by atoms with Crippen molar-refractivity contribution in [2.24, 2.45) is 0 Å². The summed E-state index contributed by atoms with van der Waals surface area (Å²) in [7, 11) is -3.57. The van der Waals surface area contributed by atoms with E-state index in [9.17, 15) is 13.2 Å². The highest BCUT2D eigenvalue weighted by molar-refractivity contribution is 9.10. The van der Waals surface area contributed by atoms with E-state index in [1.54, 1.807) is 23.1 Å². The quantitative estimate of drug-likeness (QED) is 0.802. The van der Waals surface area contributed by atoms with E-state index in [1.165, 1.54) is 0 Å². The molecule has 5 nitrogen and oxygen atoms in total. The third kappa shape index (κ3) is 4.11. The van der Waals surface area contributed by atoms with Crippen molar-refractivity contribution in [3.63, 3.8) is 0 Å². The summed E-state index contributed by atoms with van der Waals surface area (Å²) in [6, 6.07) is 12.3. The Kier molecular flexibility index (Phi) is 5.27. The normalized spacial score (nSPS) is 15.0. The largest absolute Gasteiger partial charge is 0.312 e. The van der Waals surface area contributed by atoms with Gasteiger partial charge in [0.25, 0.3) is 0 Å². The summed E-state index contributed by atoms with van der Waals surface area (Å²) in [5.74, 6) is 0.138. The van der Waals surface area contributed by atoms with Gasteiger partial charge in [-0.05, 0) is 54.8 Å². The maximum Gasteiger partial charge on any atom is 0.240 e. The molecule has 3 rings (SSSR count). The number of hydrogen-bond donors (Lipinski definition) is 1. The molecule has 0 bridgehead atoms. The Morgan fingerprint density at radius 3 is 2.48 bits per heavy atom. The summed E-state index contributed by atoms with van der Waals surface area (Å²) in [5.41, 5.74) is 2.56. The number of nitrogens with zero attached hydrogens (tertiary/aromatic N) is 1. The number of carbonyl (C=O) groups is 1. The fraction of sp³-hybridized carbons (Fsp3) is 0.278. The van der Waals surface area contributed by atoms with Crippen LogP contribution in [0.1, 0.15) is 24.0 Å². The highest BCUT2D eigenvalue weighted by Gasteiger charge is 2.21. The first-order valence-corrected chi connectivity index (χ1v) is 10.3. The molecule has 0 spiro atoms. The molecule has 1 heterocycles. The monoisotopic (exact) mass is 422 g/mol. The molecule has 1 aliphatic rings. The lowest BCUT2D eigenvalue weighted by atomic mass is 10.2. The molecule has 0 unspecified atom stereocenters. The summed E-state index contributed by atoms with van der Waals surface area (Å²) in [6.45, 7) is 2.79. The first-order chi connectivity index (χ1) is 11.9. The molecule has 0 saturated carbocycles. The molecular formula is C18H19BrN2O3S. The van der Waals surface area contributed by atoms with Gasteiger partial charge in [0, 0.05) is 29.7 Å². The molecule has 1 aliphatic heterocycles. The molecule has 132 valence electrons. The average Bonchev–Trinajstić information content (AvgIpc) is 3.02. The fourth-order valence-corrected chi connectivity index (χ4v) is 4.11. The van der Waals surface area contributed by atoms with Gasteiger partial charge >= 0.3 is 0 Å². The molecule has 0 radical (unpaired) electrons. The van der Waals surface area contributed by atoms with Crippen molar-refractivity contribution in [1.82, 2.24) is 4.72 Å². The number of hydrogen-bond acceptors (Lipinski definition) is 3. The molecule has 0 aromatic heterocycles. The molecule has 2 aromatic rings. The minimum absolute atomic E-state index is 0.138. The van der Waals surface area contributed by atoms with Gasteiger partial charge in [0.05, 0.1) is 4.90 Å². The predicted octanol–water partition coefficient (Wildman–Crippen LogP) is 3.36. The van der Waals surface area contributed by atoms with Crippen LogP contribution in [0.15, 0.2) is 51.8 Å². The maximum absolute atomic E-state index is 12.4. The van der Waals surface area contributed by atoms with Crippen LogP contribution in [-0.4, -0.2) is 20.9 Å². The summed E-state index contributed by atoms with van der Waals surface area (Å²) in [5, 5.41) is 0. The second-order valence-electron chi connectivity index (χ2n) is 6.05. The van der Waals surface area contributed by atoms with E-state index in [2.05, 4.69) is 20.7 Å². The van der Waals surface area contributed by atoms with Crippen LogP contribution in [0.4, 0.5) is 5.69 Å². The van der Waals surface area contributed by atoms with Crippen LogP contribution in [0.2, 0.25) is 0 Å². The molecule has 7 heteroatoms. The summed E-state index contributed by atoms with van der Waals surface area (Å²) < 4.78 is 28.3. The number of amides is 1. The zero-order valence-corrected chi connectivity index (χ0v) is 16.2. The van der Waals surface area contributed by atoms with E-state index in [4.69, 9.17) is 0 Å². The van der Waals surface area contributed by atoms with Crippen molar-refractivity contribution in [3.05, 3.63) is 58.1 Å². The highest BCUT2D eigenvalue weighted by Crippen LogP contribution is 2.22. The van der Waals surface area contributed by atoms with E-state index < -0.39 is 10.0 Å². The zero-order valence-electron chi connectivity index (χ0n) is 13.8. The summed E-state index contributed by atoms with van der Waals surface area (Å²) in [6.07, 6.45) is 1.47. The van der Waals surface area contributed by atoms with E-state index in [0.29, 0.717) is 6.42 Å². The van der Waals surface area contributed by atoms with Crippen LogP contribution in [0.3, 0.4) is 0 Å². The number of benzene rings is 2. The molecule has 1 N–H and O–H groups in total. The lowest BCUT2D eigenvalue weighted by molar-refractivity contribution is -0.117. The fourth-order valence-electron chi connectivity index (χ4n) is 2.76. The number of carbonyl (C=O) groups excluding carboxylic acids is 1. The Balaban J connectivity index is 1.68. The van der Waals surface area contributed by atoms with Crippen LogP contribution in [-0.2, 0) is 21.4 Å². The Morgan fingerprint density at radius 1 is 1.16 bits per heavy atom. The first-order valence-electron chi connectivity index (χ1n) is 8.02. The molecule has 1 saturated heterocycles. The minimum atomic E-state index is -3.57. The van der Waals surface area contributed by atoms with Crippen LogP contribution in [0.25, 0.3) is 0 Å². The predicted molar refractivity (Wildman–Crippen MR) is 101 cm³/mol. The Morgan fingerprint density at radius 2 is 1.88 bits per heavy atom. The SMILES string of the molecule is Cc1cc(S(=O)(=O)NCc2ccc(N3CCCC3=O)cc2)ccc1Br. The number of anilines is 1. The summed E-state index contributed by atoms with van der Waals surface area (Å²) >= 11 is 3.37. The topological polar surface area (TPSA) is 66.5 Å². The minimum Gasteiger partial charge on any atom is -0.312 e. The van der Waals surface area contributed by atoms with Gasteiger partial charge in [-0.2, -0.15) is 0 Å². The van der Waals surface area contributed by atoms with E-state index in [0.717, 1.165) is 34.3 Å². The van der Waals surface area contributed by atoms with Gasteiger partial charge < -0.3 is 4.90 Å². The number of nitrogens with one attached hydrogen (secondary N) is 1. The van der Waals surface area contributed by atoms with E-state index in [1.807, 2.05) is 31.2 Å². The maximum atomic E-state index is 12.4. The number of aryl methyl sites for hydroxylation is 1. The van der Waals surface area contributed by atoms with Gasteiger partial charge in [-0.25, -0.2) is 13.1 Å². The van der Waals surface area contributed by atoms with Crippen molar-refractivity contribution in [3.8, 4) is 0 Å². The van der Waals surface area contributed by atoms with Gasteiger partial charge in [-0.3, -0.25) is 4.79 Å². The highest BCUT2D eigenvalue weighted by atomic mass is 79.9. The third-order valence-electron chi connectivity index (χ3n) is 4.23. The number of sulfonamides is 1. The van der Waals surface area contributed by atoms with Crippen molar-refractivity contribution in [2.45, 2.75) is 31.2 Å². The Labute approximate surface area is 156 Å². The van der Waals surface area contributed by atoms with Crippen molar-refractivity contribution >= 4 is 37.5 Å². The molecular weight excluding hydrogens is 404 g/mol. The second kappa shape index (κ2) is 7.27. The van der Waals surface area contributed by atoms with Crippen LogP contribution >= 0.6 is 15.9 Å². The smallest absolute Gasteiger partial charge is 0.240 e.